The standard InChI is InChI=1S/C11H9NO2/c13-10-4-5-11-8(6-10)2-1-3-9(11)7-12-14/h1-7,13-14H/b12-7+. The van der Waals surface area contributed by atoms with Gasteiger partial charge in [-0.1, -0.05) is 29.4 Å². The monoisotopic (exact) mass is 187 g/mol. The number of hydrogen-bond donors (Lipinski definition) is 2. The molecule has 0 saturated heterocycles. The molecule has 2 aromatic rings. The molecule has 0 bridgehead atoms. The van der Waals surface area contributed by atoms with E-state index in [4.69, 9.17) is 5.21 Å². The molecule has 0 aliphatic heterocycles. The number of nitrogens with zero attached hydrogens (tertiary/aromatic N) is 1. The number of phenols is 1. The molecule has 2 N–H and O–H groups in total. The molecule has 14 heavy (non-hydrogen) atoms. The maximum absolute atomic E-state index is 9.27. The maximum Gasteiger partial charge on any atom is 0.116 e. The van der Waals surface area contributed by atoms with Crippen LogP contribution < -0.4 is 0 Å². The third kappa shape index (κ3) is 1.40. The summed E-state index contributed by atoms with van der Waals surface area (Å²) in [5.41, 5.74) is 0.824. The number of fused-ring (bicyclic) bond motifs is 1. The lowest BCUT2D eigenvalue weighted by Gasteiger charge is -2.01. The Bertz CT molecular complexity index is 492. The van der Waals surface area contributed by atoms with Gasteiger partial charge in [0.05, 0.1) is 6.21 Å². The molecule has 2 rings (SSSR count). The van der Waals surface area contributed by atoms with Crippen LogP contribution in [0, 0.1) is 0 Å². The molecule has 0 atom stereocenters. The lowest BCUT2D eigenvalue weighted by molar-refractivity contribution is 0.322. The highest BCUT2D eigenvalue weighted by molar-refractivity contribution is 5.99. The van der Waals surface area contributed by atoms with Gasteiger partial charge in [0.15, 0.2) is 0 Å². The minimum absolute atomic E-state index is 0.232. The van der Waals surface area contributed by atoms with Crippen LogP contribution in [0.2, 0.25) is 0 Å². The number of hydrogen-bond acceptors (Lipinski definition) is 3. The summed E-state index contributed by atoms with van der Waals surface area (Å²) in [6.45, 7) is 0. The molecular formula is C11H9NO2. The van der Waals surface area contributed by atoms with E-state index < -0.39 is 0 Å². The van der Waals surface area contributed by atoms with Gasteiger partial charge in [-0.3, -0.25) is 0 Å². The normalized spacial score (nSPS) is 11.1. The van der Waals surface area contributed by atoms with Gasteiger partial charge in [0.2, 0.25) is 0 Å². The van der Waals surface area contributed by atoms with Crippen LogP contribution in [0.4, 0.5) is 0 Å². The Labute approximate surface area is 80.9 Å². The Hall–Kier alpha value is -2.03. The van der Waals surface area contributed by atoms with Crippen LogP contribution in [0.1, 0.15) is 5.56 Å². The Morgan fingerprint density at radius 3 is 2.79 bits per heavy atom. The zero-order valence-corrected chi connectivity index (χ0v) is 7.38. The van der Waals surface area contributed by atoms with E-state index in [1.54, 1.807) is 18.2 Å². The van der Waals surface area contributed by atoms with Gasteiger partial charge in [-0.2, -0.15) is 0 Å². The Morgan fingerprint density at radius 2 is 2.00 bits per heavy atom. The van der Waals surface area contributed by atoms with Gasteiger partial charge in [-0.25, -0.2) is 0 Å². The molecule has 0 radical (unpaired) electrons. The van der Waals surface area contributed by atoms with Crippen LogP contribution in [-0.4, -0.2) is 16.5 Å². The molecule has 3 heteroatoms. The van der Waals surface area contributed by atoms with E-state index >= 15 is 0 Å². The molecule has 3 nitrogen and oxygen atoms in total. The average molecular weight is 187 g/mol. The summed E-state index contributed by atoms with van der Waals surface area (Å²) in [5, 5.41) is 22.6. The third-order valence-electron chi connectivity index (χ3n) is 2.09. The summed E-state index contributed by atoms with van der Waals surface area (Å²) in [6.07, 6.45) is 1.37. The molecule has 0 aliphatic rings. The molecule has 0 aromatic heterocycles. The highest BCUT2D eigenvalue weighted by Crippen LogP contribution is 2.21. The van der Waals surface area contributed by atoms with Crippen molar-refractivity contribution in [2.75, 3.05) is 0 Å². The summed E-state index contributed by atoms with van der Waals surface area (Å²) in [7, 11) is 0. The van der Waals surface area contributed by atoms with E-state index in [0.29, 0.717) is 0 Å². The Balaban J connectivity index is 2.74. The SMILES string of the molecule is O/N=C/c1cccc2cc(O)ccc12. The lowest BCUT2D eigenvalue weighted by atomic mass is 10.1. The van der Waals surface area contributed by atoms with E-state index in [1.807, 2.05) is 18.2 Å². The second-order valence-electron chi connectivity index (χ2n) is 3.00. The van der Waals surface area contributed by atoms with Gasteiger partial charge >= 0.3 is 0 Å². The largest absolute Gasteiger partial charge is 0.508 e. The predicted molar refractivity (Wildman–Crippen MR) is 55.0 cm³/mol. The van der Waals surface area contributed by atoms with Crippen LogP contribution in [0.25, 0.3) is 10.8 Å². The van der Waals surface area contributed by atoms with Crippen molar-refractivity contribution in [2.24, 2.45) is 5.16 Å². The van der Waals surface area contributed by atoms with Crippen LogP contribution >= 0.6 is 0 Å². The van der Waals surface area contributed by atoms with Gasteiger partial charge < -0.3 is 10.3 Å². The third-order valence-corrected chi connectivity index (χ3v) is 2.09. The second kappa shape index (κ2) is 3.38. The molecule has 0 spiro atoms. The first-order chi connectivity index (χ1) is 6.81. The van der Waals surface area contributed by atoms with Crippen LogP contribution in [0.3, 0.4) is 0 Å². The number of benzene rings is 2. The topological polar surface area (TPSA) is 52.8 Å². The fourth-order valence-corrected chi connectivity index (χ4v) is 1.47. The van der Waals surface area contributed by atoms with Crippen molar-refractivity contribution in [3.63, 3.8) is 0 Å². The first-order valence-corrected chi connectivity index (χ1v) is 4.20. The fourth-order valence-electron chi connectivity index (χ4n) is 1.47. The minimum Gasteiger partial charge on any atom is -0.508 e. The van der Waals surface area contributed by atoms with Gasteiger partial charge in [-0.05, 0) is 22.9 Å². The van der Waals surface area contributed by atoms with Crippen molar-refractivity contribution in [1.82, 2.24) is 0 Å². The summed E-state index contributed by atoms with van der Waals surface area (Å²) in [5.74, 6) is 0.232. The second-order valence-corrected chi connectivity index (χ2v) is 3.00. The van der Waals surface area contributed by atoms with E-state index in [1.165, 1.54) is 6.21 Å². The minimum atomic E-state index is 0.232. The molecule has 0 saturated carbocycles. The number of aromatic hydroxyl groups is 1. The van der Waals surface area contributed by atoms with Gasteiger partial charge in [0.1, 0.15) is 5.75 Å². The summed E-state index contributed by atoms with van der Waals surface area (Å²) in [6, 6.07) is 10.7. The highest BCUT2D eigenvalue weighted by Gasteiger charge is 1.98. The summed E-state index contributed by atoms with van der Waals surface area (Å²) < 4.78 is 0. The van der Waals surface area contributed by atoms with Gasteiger partial charge in [-0.15, -0.1) is 0 Å². The highest BCUT2D eigenvalue weighted by atomic mass is 16.4. The lowest BCUT2D eigenvalue weighted by Crippen LogP contribution is -1.83. The van der Waals surface area contributed by atoms with Gasteiger partial charge in [0, 0.05) is 5.56 Å². The van der Waals surface area contributed by atoms with E-state index in [0.717, 1.165) is 16.3 Å². The zero-order chi connectivity index (χ0) is 9.97. The van der Waals surface area contributed by atoms with Crippen molar-refractivity contribution >= 4 is 17.0 Å². The Morgan fingerprint density at radius 1 is 1.14 bits per heavy atom. The van der Waals surface area contributed by atoms with Crippen molar-refractivity contribution < 1.29 is 10.3 Å². The molecule has 0 aliphatic carbocycles. The molecule has 0 heterocycles. The van der Waals surface area contributed by atoms with E-state index in [-0.39, 0.29) is 5.75 Å². The van der Waals surface area contributed by atoms with Crippen molar-refractivity contribution in [3.8, 4) is 5.75 Å². The molecule has 0 fully saturated rings. The predicted octanol–water partition coefficient (Wildman–Crippen LogP) is 2.35. The van der Waals surface area contributed by atoms with E-state index in [9.17, 15) is 5.11 Å². The molecular weight excluding hydrogens is 178 g/mol. The number of rotatable bonds is 1. The fraction of sp³-hybridized carbons (Fsp3) is 0. The zero-order valence-electron chi connectivity index (χ0n) is 7.38. The molecule has 2 aromatic carbocycles. The molecule has 70 valence electrons. The van der Waals surface area contributed by atoms with Gasteiger partial charge in [0.25, 0.3) is 0 Å². The van der Waals surface area contributed by atoms with Crippen molar-refractivity contribution in [2.45, 2.75) is 0 Å². The first kappa shape index (κ1) is 8.56. The maximum atomic E-state index is 9.27. The smallest absolute Gasteiger partial charge is 0.116 e. The average Bonchev–Trinajstić information content (AvgIpc) is 2.18. The molecule has 0 unspecified atom stereocenters. The van der Waals surface area contributed by atoms with Crippen LogP contribution in [0.5, 0.6) is 5.75 Å². The van der Waals surface area contributed by atoms with Crippen molar-refractivity contribution in [1.29, 1.82) is 0 Å². The quantitative estimate of drug-likeness (QED) is 0.409. The van der Waals surface area contributed by atoms with Crippen molar-refractivity contribution in [3.05, 3.63) is 42.0 Å². The first-order valence-electron chi connectivity index (χ1n) is 4.20. The number of oxime groups is 1. The molecule has 0 amide bonds. The van der Waals surface area contributed by atoms with Crippen LogP contribution in [-0.2, 0) is 0 Å². The number of phenolic OH excluding ortho intramolecular Hbond substituents is 1. The Kier molecular flexibility index (Phi) is 2.07. The summed E-state index contributed by atoms with van der Waals surface area (Å²) in [4.78, 5) is 0. The van der Waals surface area contributed by atoms with Crippen LogP contribution in [0.15, 0.2) is 41.6 Å². The summed E-state index contributed by atoms with van der Waals surface area (Å²) >= 11 is 0. The van der Waals surface area contributed by atoms with E-state index in [2.05, 4.69) is 5.16 Å².